The lowest BCUT2D eigenvalue weighted by Gasteiger charge is -2.29. The van der Waals surface area contributed by atoms with E-state index in [-0.39, 0.29) is 12.5 Å². The summed E-state index contributed by atoms with van der Waals surface area (Å²) in [6, 6.07) is -0.916. The van der Waals surface area contributed by atoms with E-state index in [1.165, 1.54) is 19.3 Å². The van der Waals surface area contributed by atoms with Crippen LogP contribution in [0, 0.1) is 0 Å². The Hall–Kier alpha value is -1.80. The molecule has 0 spiro atoms. The summed E-state index contributed by atoms with van der Waals surface area (Å²) in [7, 11) is 1.20. The van der Waals surface area contributed by atoms with E-state index in [0.717, 1.165) is 57.8 Å². The minimum Gasteiger partial charge on any atom is -0.756 e. The highest BCUT2D eigenvalue weighted by Crippen LogP contribution is 2.38. The second-order valence-electron chi connectivity index (χ2n) is 12.1. The Labute approximate surface area is 269 Å². The van der Waals surface area contributed by atoms with Crippen LogP contribution in [0.3, 0.4) is 0 Å². The molecule has 3 unspecified atom stereocenters. The molecule has 0 radical (unpaired) electrons. The number of hydrogen-bond acceptors (Lipinski definition) is 6. The van der Waals surface area contributed by atoms with E-state index in [9.17, 15) is 19.4 Å². The van der Waals surface area contributed by atoms with Crippen LogP contribution in [0.4, 0.5) is 0 Å². The molecule has 0 fully saturated rings. The van der Waals surface area contributed by atoms with E-state index in [1.54, 1.807) is 6.08 Å². The number of phosphoric ester groups is 1. The fourth-order valence-electron chi connectivity index (χ4n) is 4.00. The third-order valence-corrected chi connectivity index (χ3v) is 7.68. The van der Waals surface area contributed by atoms with Crippen molar-refractivity contribution in [3.63, 3.8) is 0 Å². The normalized spacial score (nSPS) is 15.7. The maximum atomic E-state index is 12.7. The lowest BCUT2D eigenvalue weighted by Crippen LogP contribution is -2.45. The standard InChI is InChI=1S/C35H63N2O6P/c1-6-8-10-12-14-16-17-18-19-21-23-25-27-29-35(39)36-33(32-43-44(40,41)42-31-30-37(3,4)5)34(38)28-26-24-22-20-15-13-11-9-7-2/h8,10,14-16,18-20,26,28,33-34,38H,6-7,9,11-13,17,21-25,27,29-32H2,1-5H3,(H-,36,39,40,41)/b10-8-,16-14-,19-18-,20-15+,28-26+. The van der Waals surface area contributed by atoms with Crippen LogP contribution in [0.25, 0.3) is 0 Å². The average Bonchev–Trinajstić information content (AvgIpc) is 2.95. The zero-order valence-electron chi connectivity index (χ0n) is 28.3. The van der Waals surface area contributed by atoms with E-state index in [4.69, 9.17) is 9.05 Å². The van der Waals surface area contributed by atoms with Crippen LogP contribution in [-0.4, -0.2) is 68.5 Å². The topological polar surface area (TPSA) is 108 Å². The second-order valence-corrected chi connectivity index (χ2v) is 13.5. The Morgan fingerprint density at radius 1 is 0.818 bits per heavy atom. The number of rotatable bonds is 28. The molecule has 44 heavy (non-hydrogen) atoms. The SMILES string of the molecule is CC/C=C\C/C=C\C/C=C\CCCCCC(=O)NC(COP(=O)([O-])OCC[N+](C)(C)C)C(O)/C=C/CC/C=C/CCCCC. The number of amides is 1. The molecule has 0 aromatic carbocycles. The number of nitrogens with one attached hydrogen (secondary N) is 1. The summed E-state index contributed by atoms with van der Waals surface area (Å²) in [5, 5.41) is 13.5. The molecule has 0 rings (SSSR count). The van der Waals surface area contributed by atoms with Gasteiger partial charge in [0.15, 0.2) is 0 Å². The van der Waals surface area contributed by atoms with Gasteiger partial charge < -0.3 is 28.8 Å². The minimum atomic E-state index is -4.59. The lowest BCUT2D eigenvalue weighted by atomic mass is 10.1. The fraction of sp³-hybridized carbons (Fsp3) is 0.686. The largest absolute Gasteiger partial charge is 0.756 e. The molecule has 9 heteroatoms. The van der Waals surface area contributed by atoms with Crippen molar-refractivity contribution in [2.24, 2.45) is 0 Å². The lowest BCUT2D eigenvalue weighted by molar-refractivity contribution is -0.870. The van der Waals surface area contributed by atoms with Crippen LogP contribution in [0.15, 0.2) is 60.8 Å². The monoisotopic (exact) mass is 638 g/mol. The average molecular weight is 639 g/mol. The van der Waals surface area contributed by atoms with Gasteiger partial charge in [0, 0.05) is 6.42 Å². The molecule has 8 nitrogen and oxygen atoms in total. The molecule has 0 aliphatic rings. The third-order valence-electron chi connectivity index (χ3n) is 6.71. The molecule has 0 bridgehead atoms. The van der Waals surface area contributed by atoms with Crippen molar-refractivity contribution in [2.75, 3.05) is 40.9 Å². The van der Waals surface area contributed by atoms with Gasteiger partial charge in [-0.15, -0.1) is 0 Å². The fourth-order valence-corrected chi connectivity index (χ4v) is 4.72. The minimum absolute atomic E-state index is 0.0156. The quantitative estimate of drug-likeness (QED) is 0.0402. The number of unbranched alkanes of at least 4 members (excludes halogenated alkanes) is 7. The summed E-state index contributed by atoms with van der Waals surface area (Å²) in [5.74, 6) is -0.245. The van der Waals surface area contributed by atoms with Crippen molar-refractivity contribution >= 4 is 13.7 Å². The van der Waals surface area contributed by atoms with E-state index in [2.05, 4.69) is 67.8 Å². The number of phosphoric acid groups is 1. The Balaban J connectivity index is 4.72. The van der Waals surface area contributed by atoms with Gasteiger partial charge in [-0.1, -0.05) is 93.9 Å². The molecule has 0 heterocycles. The molecular weight excluding hydrogens is 575 g/mol. The van der Waals surface area contributed by atoms with E-state index >= 15 is 0 Å². The van der Waals surface area contributed by atoms with Gasteiger partial charge in [-0.25, -0.2) is 0 Å². The van der Waals surface area contributed by atoms with Crippen molar-refractivity contribution in [1.29, 1.82) is 0 Å². The van der Waals surface area contributed by atoms with Gasteiger partial charge in [0.1, 0.15) is 13.2 Å². The van der Waals surface area contributed by atoms with Gasteiger partial charge in [-0.2, -0.15) is 0 Å². The Kier molecular flexibility index (Phi) is 26.4. The third kappa shape index (κ3) is 28.9. The van der Waals surface area contributed by atoms with Gasteiger partial charge in [-0.05, 0) is 64.2 Å². The molecule has 254 valence electrons. The summed E-state index contributed by atoms with van der Waals surface area (Å²) in [6.07, 6.45) is 32.8. The number of aliphatic hydroxyl groups is 1. The molecule has 0 aliphatic heterocycles. The number of carbonyl (C=O) groups is 1. The van der Waals surface area contributed by atoms with Crippen LogP contribution in [-0.2, 0) is 18.4 Å². The number of nitrogens with zero attached hydrogens (tertiary/aromatic N) is 1. The summed E-state index contributed by atoms with van der Waals surface area (Å²) >= 11 is 0. The van der Waals surface area contributed by atoms with E-state index in [0.29, 0.717) is 23.9 Å². The molecule has 1 amide bonds. The molecule has 3 atom stereocenters. The van der Waals surface area contributed by atoms with Gasteiger partial charge in [0.25, 0.3) is 7.82 Å². The first-order valence-electron chi connectivity index (χ1n) is 16.7. The summed E-state index contributed by atoms with van der Waals surface area (Å²) in [5.41, 5.74) is 0. The number of allylic oxidation sites excluding steroid dienone is 9. The van der Waals surface area contributed by atoms with Gasteiger partial charge in [-0.3, -0.25) is 9.36 Å². The molecule has 0 aromatic rings. The molecular formula is C35H63N2O6P. The Morgan fingerprint density at radius 3 is 2.07 bits per heavy atom. The highest BCUT2D eigenvalue weighted by atomic mass is 31.2. The van der Waals surface area contributed by atoms with Crippen LogP contribution in [0.5, 0.6) is 0 Å². The van der Waals surface area contributed by atoms with Crippen LogP contribution >= 0.6 is 7.82 Å². The van der Waals surface area contributed by atoms with Crippen LogP contribution < -0.4 is 10.2 Å². The zero-order chi connectivity index (χ0) is 32.9. The van der Waals surface area contributed by atoms with Crippen LogP contribution in [0.2, 0.25) is 0 Å². The molecule has 0 aliphatic carbocycles. The van der Waals surface area contributed by atoms with Crippen molar-refractivity contribution in [1.82, 2.24) is 5.32 Å². The molecule has 2 N–H and O–H groups in total. The van der Waals surface area contributed by atoms with Crippen molar-refractivity contribution in [3.8, 4) is 0 Å². The van der Waals surface area contributed by atoms with Gasteiger partial charge in [0.05, 0.1) is 39.9 Å². The molecule has 0 saturated carbocycles. The van der Waals surface area contributed by atoms with Crippen molar-refractivity contribution in [2.45, 2.75) is 116 Å². The van der Waals surface area contributed by atoms with E-state index < -0.39 is 26.6 Å². The maximum absolute atomic E-state index is 12.7. The number of likely N-dealkylation sites (N-methyl/N-ethyl adjacent to an activating group) is 1. The van der Waals surface area contributed by atoms with Crippen molar-refractivity contribution in [3.05, 3.63) is 60.8 Å². The number of hydrogen-bond donors (Lipinski definition) is 2. The Morgan fingerprint density at radius 2 is 1.41 bits per heavy atom. The summed E-state index contributed by atoms with van der Waals surface area (Å²) < 4.78 is 22.9. The predicted molar refractivity (Wildman–Crippen MR) is 182 cm³/mol. The highest BCUT2D eigenvalue weighted by molar-refractivity contribution is 7.45. The highest BCUT2D eigenvalue weighted by Gasteiger charge is 2.23. The van der Waals surface area contributed by atoms with Crippen molar-refractivity contribution < 1.29 is 32.9 Å². The summed E-state index contributed by atoms with van der Waals surface area (Å²) in [6.45, 7) is 4.37. The molecule has 0 aromatic heterocycles. The van der Waals surface area contributed by atoms with E-state index in [1.807, 2.05) is 27.2 Å². The number of quaternary nitrogens is 1. The Bertz CT molecular complexity index is 907. The first-order chi connectivity index (χ1) is 21.0. The smallest absolute Gasteiger partial charge is 0.268 e. The van der Waals surface area contributed by atoms with Gasteiger partial charge in [0.2, 0.25) is 5.91 Å². The number of carbonyl (C=O) groups excluding carboxylic acids is 1. The first-order valence-corrected chi connectivity index (χ1v) is 18.1. The molecule has 0 saturated heterocycles. The van der Waals surface area contributed by atoms with Gasteiger partial charge >= 0.3 is 0 Å². The second kappa shape index (κ2) is 27.5. The number of aliphatic hydroxyl groups excluding tert-OH is 1. The zero-order valence-corrected chi connectivity index (χ0v) is 29.2. The predicted octanol–water partition coefficient (Wildman–Crippen LogP) is 7.32. The summed E-state index contributed by atoms with van der Waals surface area (Å²) in [4.78, 5) is 25.0. The first kappa shape index (κ1) is 42.2. The van der Waals surface area contributed by atoms with Crippen LogP contribution in [0.1, 0.15) is 104 Å². The maximum Gasteiger partial charge on any atom is 0.268 e.